The van der Waals surface area contributed by atoms with Crippen molar-refractivity contribution in [2.24, 2.45) is 4.99 Å². The van der Waals surface area contributed by atoms with Gasteiger partial charge in [0.15, 0.2) is 5.96 Å². The van der Waals surface area contributed by atoms with Crippen molar-refractivity contribution >= 4 is 35.8 Å². The van der Waals surface area contributed by atoms with Crippen LogP contribution in [0.5, 0.6) is 0 Å². The molecule has 0 aromatic heterocycles. The van der Waals surface area contributed by atoms with Crippen molar-refractivity contribution in [3.8, 4) is 0 Å². The molecule has 2 saturated heterocycles. The topological polar surface area (TPSA) is 63.2 Å². The molecule has 0 atom stereocenters. The van der Waals surface area contributed by atoms with Crippen LogP contribution < -0.4 is 10.6 Å². The Hall–Kier alpha value is -0.610. The van der Waals surface area contributed by atoms with E-state index in [0.29, 0.717) is 0 Å². The maximum Gasteiger partial charge on any atom is 0.219 e. The van der Waals surface area contributed by atoms with Crippen molar-refractivity contribution in [1.82, 2.24) is 25.3 Å². The number of carbonyl (C=O) groups is 1. The van der Waals surface area contributed by atoms with E-state index in [1.165, 1.54) is 32.4 Å². The summed E-state index contributed by atoms with van der Waals surface area (Å²) >= 11 is 0. The van der Waals surface area contributed by atoms with E-state index in [-0.39, 0.29) is 29.9 Å². The van der Waals surface area contributed by atoms with Crippen molar-refractivity contribution in [2.45, 2.75) is 33.1 Å². The van der Waals surface area contributed by atoms with Gasteiger partial charge in [0.05, 0.1) is 6.54 Å². The van der Waals surface area contributed by atoms with Crippen molar-refractivity contribution in [3.63, 3.8) is 0 Å². The van der Waals surface area contributed by atoms with Gasteiger partial charge in [-0.05, 0) is 32.9 Å². The Labute approximate surface area is 176 Å². The van der Waals surface area contributed by atoms with Crippen LogP contribution in [-0.2, 0) is 4.79 Å². The standard InChI is InChI=1S/C18H36N6O.HI/c1-3-19-18(20-7-11-22-9-5-4-6-10-22)21-8-12-23-13-15-24(16-14-23)17(2)25;/h3-16H2,1-2H3,(H2,19,20,21);1H. The molecule has 0 radical (unpaired) electrons. The molecule has 2 aliphatic rings. The van der Waals surface area contributed by atoms with Crippen LogP contribution >= 0.6 is 24.0 Å². The van der Waals surface area contributed by atoms with Gasteiger partial charge in [0.1, 0.15) is 0 Å². The third kappa shape index (κ3) is 8.85. The minimum absolute atomic E-state index is 0. The molecular weight excluding hydrogens is 443 g/mol. The quantitative estimate of drug-likeness (QED) is 0.321. The second-order valence-corrected chi connectivity index (χ2v) is 6.94. The van der Waals surface area contributed by atoms with Gasteiger partial charge >= 0.3 is 0 Å². The first-order valence-corrected chi connectivity index (χ1v) is 9.91. The fourth-order valence-corrected chi connectivity index (χ4v) is 3.45. The smallest absolute Gasteiger partial charge is 0.219 e. The number of hydrogen-bond donors (Lipinski definition) is 2. The second-order valence-electron chi connectivity index (χ2n) is 6.94. The lowest BCUT2D eigenvalue weighted by molar-refractivity contribution is -0.130. The van der Waals surface area contributed by atoms with Crippen molar-refractivity contribution < 1.29 is 4.79 Å². The van der Waals surface area contributed by atoms with E-state index in [2.05, 4.69) is 27.4 Å². The van der Waals surface area contributed by atoms with E-state index in [0.717, 1.165) is 64.9 Å². The molecule has 0 aliphatic carbocycles. The number of guanidine groups is 1. The lowest BCUT2D eigenvalue weighted by Gasteiger charge is -2.33. The van der Waals surface area contributed by atoms with Crippen molar-refractivity contribution in [1.29, 1.82) is 0 Å². The largest absolute Gasteiger partial charge is 0.357 e. The second kappa shape index (κ2) is 13.5. The molecule has 0 aromatic carbocycles. The first-order valence-electron chi connectivity index (χ1n) is 9.91. The molecule has 0 unspecified atom stereocenters. The molecule has 26 heavy (non-hydrogen) atoms. The molecule has 152 valence electrons. The van der Waals surface area contributed by atoms with E-state index in [1.54, 1.807) is 6.92 Å². The third-order valence-corrected chi connectivity index (χ3v) is 5.02. The molecular formula is C18H37IN6O. The fourth-order valence-electron chi connectivity index (χ4n) is 3.45. The van der Waals surface area contributed by atoms with Crippen molar-refractivity contribution in [3.05, 3.63) is 0 Å². The molecule has 7 nitrogen and oxygen atoms in total. The lowest BCUT2D eigenvalue weighted by Crippen LogP contribution is -2.48. The number of piperidine rings is 1. The zero-order valence-corrected chi connectivity index (χ0v) is 18.8. The van der Waals surface area contributed by atoms with E-state index >= 15 is 0 Å². The highest BCUT2D eigenvalue weighted by Gasteiger charge is 2.17. The number of halogens is 1. The highest BCUT2D eigenvalue weighted by atomic mass is 127. The number of rotatable bonds is 7. The van der Waals surface area contributed by atoms with Gasteiger partial charge in [-0.3, -0.25) is 14.7 Å². The maximum atomic E-state index is 11.4. The lowest BCUT2D eigenvalue weighted by atomic mass is 10.1. The molecule has 2 aliphatic heterocycles. The molecule has 0 bridgehead atoms. The SMILES string of the molecule is CCNC(=NCCN1CCN(C(C)=O)CC1)NCCN1CCCCC1.I. The number of nitrogens with zero attached hydrogens (tertiary/aromatic N) is 4. The fraction of sp³-hybridized carbons (Fsp3) is 0.889. The van der Waals surface area contributed by atoms with Crippen LogP contribution in [0.15, 0.2) is 4.99 Å². The molecule has 8 heteroatoms. The monoisotopic (exact) mass is 480 g/mol. The molecule has 2 rings (SSSR count). The van der Waals surface area contributed by atoms with Gasteiger partial charge in [0.2, 0.25) is 5.91 Å². The van der Waals surface area contributed by atoms with Gasteiger partial charge in [-0.1, -0.05) is 6.42 Å². The molecule has 2 N–H and O–H groups in total. The number of hydrogen-bond acceptors (Lipinski definition) is 4. The van der Waals surface area contributed by atoms with E-state index < -0.39 is 0 Å². The predicted molar refractivity (Wildman–Crippen MR) is 118 cm³/mol. The molecule has 0 spiro atoms. The van der Waals surface area contributed by atoms with Gasteiger partial charge in [0, 0.05) is 59.3 Å². The average Bonchev–Trinajstić information content (AvgIpc) is 2.63. The molecule has 2 heterocycles. The van der Waals surface area contributed by atoms with Crippen LogP contribution in [0.2, 0.25) is 0 Å². The summed E-state index contributed by atoms with van der Waals surface area (Å²) in [6, 6.07) is 0. The van der Waals surface area contributed by atoms with Gasteiger partial charge in [-0.2, -0.15) is 0 Å². The zero-order valence-electron chi connectivity index (χ0n) is 16.5. The molecule has 2 fully saturated rings. The molecule has 0 saturated carbocycles. The molecule has 1 amide bonds. The van der Waals surface area contributed by atoms with Crippen LogP contribution in [0.25, 0.3) is 0 Å². The van der Waals surface area contributed by atoms with Crippen LogP contribution in [0.3, 0.4) is 0 Å². The highest BCUT2D eigenvalue weighted by Crippen LogP contribution is 2.07. The van der Waals surface area contributed by atoms with Crippen LogP contribution in [0, 0.1) is 0 Å². The van der Waals surface area contributed by atoms with Gasteiger partial charge in [0.25, 0.3) is 0 Å². The Kier molecular flexibility index (Phi) is 12.2. The summed E-state index contributed by atoms with van der Waals surface area (Å²) in [6.45, 7) is 14.5. The number of aliphatic imine (C=N–C) groups is 1. The third-order valence-electron chi connectivity index (χ3n) is 5.02. The zero-order chi connectivity index (χ0) is 17.9. The first-order chi connectivity index (χ1) is 12.2. The van der Waals surface area contributed by atoms with E-state index in [1.807, 2.05) is 4.90 Å². The summed E-state index contributed by atoms with van der Waals surface area (Å²) in [6.07, 6.45) is 4.06. The summed E-state index contributed by atoms with van der Waals surface area (Å²) in [7, 11) is 0. The molecule has 0 aromatic rings. The first kappa shape index (κ1) is 23.4. The van der Waals surface area contributed by atoms with E-state index in [9.17, 15) is 4.79 Å². The van der Waals surface area contributed by atoms with Gasteiger partial charge in [-0.15, -0.1) is 24.0 Å². The Morgan fingerprint density at radius 3 is 2.19 bits per heavy atom. The number of carbonyl (C=O) groups excluding carboxylic acids is 1. The van der Waals surface area contributed by atoms with Crippen LogP contribution in [0.1, 0.15) is 33.1 Å². The van der Waals surface area contributed by atoms with Gasteiger partial charge in [-0.25, -0.2) is 0 Å². The van der Waals surface area contributed by atoms with Crippen molar-refractivity contribution in [2.75, 3.05) is 72.0 Å². The summed E-state index contributed by atoms with van der Waals surface area (Å²) < 4.78 is 0. The van der Waals surface area contributed by atoms with Crippen LogP contribution in [-0.4, -0.2) is 98.6 Å². The number of likely N-dealkylation sites (tertiary alicyclic amines) is 1. The maximum absolute atomic E-state index is 11.4. The predicted octanol–water partition coefficient (Wildman–Crippen LogP) is 0.810. The number of amides is 1. The highest BCUT2D eigenvalue weighted by molar-refractivity contribution is 14.0. The van der Waals surface area contributed by atoms with E-state index in [4.69, 9.17) is 4.99 Å². The van der Waals surface area contributed by atoms with Gasteiger partial charge < -0.3 is 20.4 Å². The Morgan fingerprint density at radius 1 is 0.923 bits per heavy atom. The summed E-state index contributed by atoms with van der Waals surface area (Å²) in [5.74, 6) is 1.10. The minimum atomic E-state index is 0. The Bertz CT molecular complexity index is 420. The number of nitrogens with one attached hydrogen (secondary N) is 2. The summed E-state index contributed by atoms with van der Waals surface area (Å²) in [5.41, 5.74) is 0. The summed E-state index contributed by atoms with van der Waals surface area (Å²) in [4.78, 5) is 22.9. The normalized spacial score (nSPS) is 19.8. The Morgan fingerprint density at radius 2 is 1.58 bits per heavy atom. The average molecular weight is 480 g/mol. The number of piperazine rings is 1. The minimum Gasteiger partial charge on any atom is -0.357 e. The summed E-state index contributed by atoms with van der Waals surface area (Å²) in [5, 5.41) is 6.78. The Balaban J connectivity index is 0.00000338. The van der Waals surface area contributed by atoms with Crippen LogP contribution in [0.4, 0.5) is 0 Å².